The molecule has 1 atom stereocenters. The second kappa shape index (κ2) is 8.47. The summed E-state index contributed by atoms with van der Waals surface area (Å²) < 4.78 is 15.6. The Morgan fingerprint density at radius 2 is 1.71 bits per heavy atom. The highest BCUT2D eigenvalue weighted by atomic mass is 16.5. The zero-order chi connectivity index (χ0) is 15.8. The molecule has 120 valence electrons. The van der Waals surface area contributed by atoms with Gasteiger partial charge in [0, 0.05) is 19.1 Å². The fourth-order valence-corrected chi connectivity index (χ4v) is 2.82. The molecule has 0 radical (unpaired) electrons. The summed E-state index contributed by atoms with van der Waals surface area (Å²) in [6, 6.07) is 2.26. The molecule has 0 heterocycles. The second-order valence-corrected chi connectivity index (χ2v) is 6.23. The predicted molar refractivity (Wildman–Crippen MR) is 78.8 cm³/mol. The molecule has 1 fully saturated rings. The van der Waals surface area contributed by atoms with E-state index in [4.69, 9.17) is 14.2 Å². The summed E-state index contributed by atoms with van der Waals surface area (Å²) in [5.41, 5.74) is -1.25. The molecule has 1 unspecified atom stereocenters. The number of hydrogen-bond donors (Lipinski definition) is 0. The van der Waals surface area contributed by atoms with Gasteiger partial charge in [0.05, 0.1) is 32.5 Å². The predicted octanol–water partition coefficient (Wildman–Crippen LogP) is 2.35. The lowest BCUT2D eigenvalue weighted by molar-refractivity contribution is -0.139. The topological polar surface area (TPSA) is 68.6 Å². The van der Waals surface area contributed by atoms with Gasteiger partial charge in [0.15, 0.2) is 5.78 Å². The van der Waals surface area contributed by atoms with Crippen LogP contribution in [0.1, 0.15) is 39.5 Å². The first kappa shape index (κ1) is 18.1. The van der Waals surface area contributed by atoms with Crippen LogP contribution in [0, 0.1) is 22.2 Å². The third-order valence-electron chi connectivity index (χ3n) is 4.15. The third kappa shape index (κ3) is 5.06. The summed E-state index contributed by atoms with van der Waals surface area (Å²) in [7, 11) is 1.63. The normalized spacial score (nSPS) is 24.8. The molecule has 0 amide bonds. The van der Waals surface area contributed by atoms with E-state index in [-0.39, 0.29) is 5.78 Å². The molecule has 0 aromatic heterocycles. The second-order valence-electron chi connectivity index (χ2n) is 6.23. The van der Waals surface area contributed by atoms with Gasteiger partial charge in [0.1, 0.15) is 5.41 Å². The number of rotatable bonds is 9. The highest BCUT2D eigenvalue weighted by Crippen LogP contribution is 2.44. The van der Waals surface area contributed by atoms with E-state index in [1.807, 2.05) is 13.8 Å². The summed E-state index contributed by atoms with van der Waals surface area (Å²) in [6.07, 6.45) is 2.92. The van der Waals surface area contributed by atoms with Crippen molar-refractivity contribution in [2.24, 2.45) is 10.8 Å². The van der Waals surface area contributed by atoms with Gasteiger partial charge in [0.2, 0.25) is 0 Å². The van der Waals surface area contributed by atoms with E-state index in [0.29, 0.717) is 45.9 Å². The number of hydrogen-bond acceptors (Lipinski definition) is 5. The molecule has 0 spiro atoms. The Kier molecular flexibility index (Phi) is 7.30. The van der Waals surface area contributed by atoms with Crippen molar-refractivity contribution >= 4 is 5.78 Å². The number of nitrogens with zero attached hydrogens (tertiary/aromatic N) is 1. The van der Waals surface area contributed by atoms with E-state index < -0.39 is 10.8 Å². The van der Waals surface area contributed by atoms with E-state index in [0.717, 1.165) is 12.8 Å². The number of ketones is 1. The smallest absolute Gasteiger partial charge is 0.158 e. The zero-order valence-corrected chi connectivity index (χ0v) is 13.4. The van der Waals surface area contributed by atoms with Gasteiger partial charge in [-0.3, -0.25) is 4.79 Å². The summed E-state index contributed by atoms with van der Waals surface area (Å²) in [6.45, 7) is 6.39. The maximum atomic E-state index is 12.5. The van der Waals surface area contributed by atoms with Gasteiger partial charge in [-0.25, -0.2) is 0 Å². The zero-order valence-electron chi connectivity index (χ0n) is 13.4. The van der Waals surface area contributed by atoms with Crippen molar-refractivity contribution in [3.05, 3.63) is 0 Å². The van der Waals surface area contributed by atoms with Crippen LogP contribution in [-0.4, -0.2) is 45.9 Å². The third-order valence-corrected chi connectivity index (χ3v) is 4.15. The molecule has 0 aliphatic heterocycles. The molecule has 1 aliphatic rings. The lowest BCUT2D eigenvalue weighted by Gasteiger charge is -2.38. The molecule has 1 saturated carbocycles. The van der Waals surface area contributed by atoms with Gasteiger partial charge in [0.25, 0.3) is 0 Å². The van der Waals surface area contributed by atoms with Gasteiger partial charge >= 0.3 is 0 Å². The molecule has 1 aliphatic carbocycles. The molecule has 0 saturated heterocycles. The van der Waals surface area contributed by atoms with Gasteiger partial charge in [-0.1, -0.05) is 20.3 Å². The minimum atomic E-state index is -0.862. The van der Waals surface area contributed by atoms with Crippen LogP contribution in [0.15, 0.2) is 0 Å². The van der Waals surface area contributed by atoms with Crippen LogP contribution in [0.3, 0.4) is 0 Å². The van der Waals surface area contributed by atoms with E-state index in [2.05, 4.69) is 6.07 Å². The molecule has 21 heavy (non-hydrogen) atoms. The standard InChI is InChI=1S/C16H27NO4/c1-15(2)5-4-6-16(13-17,14(15)18)7-8-20-11-12-21-10-9-19-3/h4-12H2,1-3H3. The van der Waals surface area contributed by atoms with Crippen molar-refractivity contribution in [2.45, 2.75) is 39.5 Å². The number of carbonyl (C=O) groups excluding carboxylic acids is 1. The van der Waals surface area contributed by atoms with Crippen molar-refractivity contribution in [1.29, 1.82) is 5.26 Å². The number of methoxy groups -OCH3 is 1. The number of Topliss-reactive ketones (excluding diaryl/α,β-unsaturated/α-hetero) is 1. The largest absolute Gasteiger partial charge is 0.382 e. The Balaban J connectivity index is 2.31. The molecule has 5 nitrogen and oxygen atoms in total. The Morgan fingerprint density at radius 1 is 1.10 bits per heavy atom. The molecule has 1 rings (SSSR count). The van der Waals surface area contributed by atoms with E-state index in [1.54, 1.807) is 7.11 Å². The van der Waals surface area contributed by atoms with Gasteiger partial charge in [-0.15, -0.1) is 0 Å². The fourth-order valence-electron chi connectivity index (χ4n) is 2.82. The first-order valence-electron chi connectivity index (χ1n) is 7.59. The maximum Gasteiger partial charge on any atom is 0.158 e. The molecular formula is C16H27NO4. The van der Waals surface area contributed by atoms with Crippen molar-refractivity contribution < 1.29 is 19.0 Å². The Hall–Kier alpha value is -0.960. The van der Waals surface area contributed by atoms with Crippen LogP contribution in [0.25, 0.3) is 0 Å². The Bertz CT molecular complexity index is 375. The summed E-state index contributed by atoms with van der Waals surface area (Å²) in [5.74, 6) is 0.0729. The van der Waals surface area contributed by atoms with Crippen LogP contribution in [0.4, 0.5) is 0 Å². The first-order valence-corrected chi connectivity index (χ1v) is 7.59. The van der Waals surface area contributed by atoms with Crippen LogP contribution in [0.2, 0.25) is 0 Å². The van der Waals surface area contributed by atoms with Crippen LogP contribution >= 0.6 is 0 Å². The van der Waals surface area contributed by atoms with Crippen molar-refractivity contribution in [3.8, 4) is 6.07 Å². The molecule has 0 aromatic carbocycles. The molecule has 0 bridgehead atoms. The molecule has 0 aromatic rings. The van der Waals surface area contributed by atoms with Crippen LogP contribution in [-0.2, 0) is 19.0 Å². The van der Waals surface area contributed by atoms with Crippen molar-refractivity contribution in [3.63, 3.8) is 0 Å². The van der Waals surface area contributed by atoms with Crippen LogP contribution < -0.4 is 0 Å². The lowest BCUT2D eigenvalue weighted by Crippen LogP contribution is -2.44. The number of nitriles is 1. The fraction of sp³-hybridized carbons (Fsp3) is 0.875. The number of ether oxygens (including phenoxy) is 3. The van der Waals surface area contributed by atoms with E-state index in [9.17, 15) is 10.1 Å². The van der Waals surface area contributed by atoms with Gasteiger partial charge in [-0.05, 0) is 19.3 Å². The average Bonchev–Trinajstić information content (AvgIpc) is 2.46. The quantitative estimate of drug-likeness (QED) is 0.611. The summed E-state index contributed by atoms with van der Waals surface area (Å²) in [4.78, 5) is 12.5. The number of carbonyl (C=O) groups is 1. The van der Waals surface area contributed by atoms with Crippen molar-refractivity contribution in [2.75, 3.05) is 40.1 Å². The minimum absolute atomic E-state index is 0.0729. The maximum absolute atomic E-state index is 12.5. The van der Waals surface area contributed by atoms with E-state index >= 15 is 0 Å². The van der Waals surface area contributed by atoms with Gasteiger partial charge in [-0.2, -0.15) is 5.26 Å². The molecular weight excluding hydrogens is 270 g/mol. The Morgan fingerprint density at radius 3 is 2.33 bits per heavy atom. The highest BCUT2D eigenvalue weighted by Gasteiger charge is 2.48. The van der Waals surface area contributed by atoms with Crippen molar-refractivity contribution in [1.82, 2.24) is 0 Å². The monoisotopic (exact) mass is 297 g/mol. The molecule has 5 heteroatoms. The molecule has 0 N–H and O–H groups in total. The lowest BCUT2D eigenvalue weighted by atomic mass is 9.62. The average molecular weight is 297 g/mol. The summed E-state index contributed by atoms with van der Waals surface area (Å²) >= 11 is 0. The highest BCUT2D eigenvalue weighted by molar-refractivity contribution is 5.92. The van der Waals surface area contributed by atoms with Crippen LogP contribution in [0.5, 0.6) is 0 Å². The first-order chi connectivity index (χ1) is 9.98. The van der Waals surface area contributed by atoms with E-state index in [1.165, 1.54) is 0 Å². The Labute approximate surface area is 127 Å². The SMILES string of the molecule is COCCOCCOCCC1(C#N)CCCC(C)(C)C1=O. The minimum Gasteiger partial charge on any atom is -0.382 e. The summed E-state index contributed by atoms with van der Waals surface area (Å²) in [5, 5.41) is 9.48. The van der Waals surface area contributed by atoms with Gasteiger partial charge < -0.3 is 14.2 Å².